The molecule has 2 atom stereocenters. The number of ether oxygens (including phenoxy) is 1. The monoisotopic (exact) mass is 358 g/mol. The highest BCUT2D eigenvalue weighted by Gasteiger charge is 2.51. The van der Waals surface area contributed by atoms with Crippen molar-refractivity contribution in [2.24, 2.45) is 5.73 Å². The minimum atomic E-state index is -0.533. The highest BCUT2D eigenvalue weighted by molar-refractivity contribution is 8.01. The van der Waals surface area contributed by atoms with Gasteiger partial charge in [0.05, 0.1) is 12.8 Å². The summed E-state index contributed by atoms with van der Waals surface area (Å²) in [5.41, 5.74) is 7.05. The minimum Gasteiger partial charge on any atom is -0.461 e. The third kappa shape index (κ3) is 2.75. The number of β-lactam (4-membered cyclic amide) rings is 1. The van der Waals surface area contributed by atoms with E-state index in [0.717, 1.165) is 9.78 Å². The van der Waals surface area contributed by atoms with Crippen LogP contribution < -0.4 is 5.73 Å². The van der Waals surface area contributed by atoms with Gasteiger partial charge in [0.2, 0.25) is 5.91 Å². The van der Waals surface area contributed by atoms with Crippen molar-refractivity contribution in [3.8, 4) is 0 Å². The summed E-state index contributed by atoms with van der Waals surface area (Å²) in [7, 11) is 0. The van der Waals surface area contributed by atoms with Gasteiger partial charge in [0.15, 0.2) is 0 Å². The molecular weight excluding hydrogens is 344 g/mol. The zero-order valence-corrected chi connectivity index (χ0v) is 14.2. The second kappa shape index (κ2) is 6.57. The van der Waals surface area contributed by atoms with Crippen molar-refractivity contribution >= 4 is 46.9 Å². The summed E-state index contributed by atoms with van der Waals surface area (Å²) in [6.07, 6.45) is 1.68. The van der Waals surface area contributed by atoms with Gasteiger partial charge in [0, 0.05) is 11.5 Å². The molecule has 1 fully saturated rings. The molecule has 3 rings (SSSR count). The predicted molar refractivity (Wildman–Crippen MR) is 85.4 cm³/mol. The van der Waals surface area contributed by atoms with E-state index in [2.05, 4.69) is 9.59 Å². The molecule has 22 heavy (non-hydrogen) atoms. The van der Waals surface area contributed by atoms with E-state index >= 15 is 0 Å². The number of nitrogens with two attached hydrogens (primary N) is 1. The average Bonchev–Trinajstić information content (AvgIpc) is 3.04. The van der Waals surface area contributed by atoms with Crippen molar-refractivity contribution in [2.75, 3.05) is 18.1 Å². The van der Waals surface area contributed by atoms with Gasteiger partial charge < -0.3 is 10.5 Å². The zero-order chi connectivity index (χ0) is 15.7. The van der Waals surface area contributed by atoms with E-state index in [0.29, 0.717) is 17.2 Å². The molecule has 3 heterocycles. The minimum absolute atomic E-state index is 0.161. The molecule has 7 nitrogen and oxygen atoms in total. The quantitative estimate of drug-likeness (QED) is 0.466. The second-order valence-electron chi connectivity index (χ2n) is 4.63. The maximum absolute atomic E-state index is 12.3. The SMILES string of the molecule is CCOC(=O)C1=C(CSc2cnns2)CS[C@@H]2C(N)C(=O)N12. The molecule has 0 bridgehead atoms. The molecule has 2 aliphatic rings. The summed E-state index contributed by atoms with van der Waals surface area (Å²) in [4.78, 5) is 25.8. The Hall–Kier alpha value is -1.10. The van der Waals surface area contributed by atoms with Gasteiger partial charge in [0.25, 0.3) is 0 Å². The van der Waals surface area contributed by atoms with Gasteiger partial charge in [-0.15, -0.1) is 28.6 Å². The van der Waals surface area contributed by atoms with Crippen molar-refractivity contribution in [2.45, 2.75) is 22.5 Å². The number of aromatic nitrogens is 2. The Kier molecular flexibility index (Phi) is 4.71. The summed E-state index contributed by atoms with van der Waals surface area (Å²) >= 11 is 4.43. The largest absolute Gasteiger partial charge is 0.461 e. The van der Waals surface area contributed by atoms with E-state index in [1.54, 1.807) is 36.6 Å². The average molecular weight is 358 g/mol. The highest BCUT2D eigenvalue weighted by atomic mass is 32.2. The number of rotatable bonds is 5. The molecule has 2 N–H and O–H groups in total. The smallest absolute Gasteiger partial charge is 0.355 e. The number of fused-ring (bicyclic) bond motifs is 1. The molecule has 1 unspecified atom stereocenters. The molecule has 0 spiro atoms. The molecule has 118 valence electrons. The first kappa shape index (κ1) is 15.8. The van der Waals surface area contributed by atoms with Gasteiger partial charge in [-0.1, -0.05) is 4.49 Å². The molecular formula is C12H14N4O3S3. The Morgan fingerprint density at radius 3 is 3.14 bits per heavy atom. The van der Waals surface area contributed by atoms with Gasteiger partial charge in [-0.05, 0) is 24.0 Å². The lowest BCUT2D eigenvalue weighted by Crippen LogP contribution is -2.68. The fourth-order valence-corrected chi connectivity index (χ4v) is 5.11. The molecule has 1 saturated heterocycles. The standard InChI is InChI=1S/C12H14N4O3S3/c1-2-19-12(18)9-6(4-20-7-3-14-15-22-7)5-21-11-8(13)10(17)16(9)11/h3,8,11H,2,4-5,13H2,1H3/t8?,11-/m1/s1. The molecule has 0 saturated carbocycles. The number of amides is 1. The number of hydrogen-bond donors (Lipinski definition) is 1. The third-order valence-electron chi connectivity index (χ3n) is 3.29. The lowest BCUT2D eigenvalue weighted by atomic mass is 10.0. The molecule has 1 aromatic rings. The van der Waals surface area contributed by atoms with Gasteiger partial charge in [-0.25, -0.2) is 4.79 Å². The fraction of sp³-hybridized carbons (Fsp3) is 0.500. The van der Waals surface area contributed by atoms with Crippen LogP contribution in [0.3, 0.4) is 0 Å². The molecule has 1 aromatic heterocycles. The van der Waals surface area contributed by atoms with Gasteiger partial charge >= 0.3 is 5.97 Å². The van der Waals surface area contributed by atoms with E-state index in [1.165, 1.54) is 16.4 Å². The third-order valence-corrected chi connectivity index (χ3v) is 6.57. The summed E-state index contributed by atoms with van der Waals surface area (Å²) < 4.78 is 9.89. The lowest BCUT2D eigenvalue weighted by molar-refractivity contribution is -0.150. The van der Waals surface area contributed by atoms with E-state index < -0.39 is 12.0 Å². The molecule has 1 amide bonds. The van der Waals surface area contributed by atoms with Crippen molar-refractivity contribution in [1.29, 1.82) is 0 Å². The Balaban J connectivity index is 1.84. The van der Waals surface area contributed by atoms with E-state index in [-0.39, 0.29) is 17.9 Å². The number of nitrogens with zero attached hydrogens (tertiary/aromatic N) is 3. The van der Waals surface area contributed by atoms with Gasteiger partial charge in [0.1, 0.15) is 21.3 Å². The van der Waals surface area contributed by atoms with Crippen molar-refractivity contribution in [3.63, 3.8) is 0 Å². The van der Waals surface area contributed by atoms with Crippen molar-refractivity contribution < 1.29 is 14.3 Å². The normalized spacial score (nSPS) is 24.1. The Bertz CT molecular complexity index is 619. The van der Waals surface area contributed by atoms with Gasteiger partial charge in [-0.2, -0.15) is 0 Å². The van der Waals surface area contributed by atoms with Gasteiger partial charge in [-0.3, -0.25) is 9.69 Å². The topological polar surface area (TPSA) is 98.4 Å². The summed E-state index contributed by atoms with van der Waals surface area (Å²) in [5.74, 6) is 0.583. The second-order valence-corrected chi connectivity index (χ2v) is 7.80. The van der Waals surface area contributed by atoms with Crippen LogP contribution in [0.2, 0.25) is 0 Å². The first-order chi connectivity index (χ1) is 10.6. The number of carbonyl (C=O) groups excluding carboxylic acids is 2. The molecule has 0 aromatic carbocycles. The van der Waals surface area contributed by atoms with E-state index in [4.69, 9.17) is 10.5 Å². The van der Waals surface area contributed by atoms with E-state index in [1.807, 2.05) is 0 Å². The fourth-order valence-electron chi connectivity index (χ4n) is 2.26. The van der Waals surface area contributed by atoms with Crippen LogP contribution in [0, 0.1) is 0 Å². The maximum atomic E-state index is 12.3. The molecule has 10 heteroatoms. The predicted octanol–water partition coefficient (Wildman–Crippen LogP) is 0.690. The number of thioether (sulfide) groups is 2. The van der Waals surface area contributed by atoms with Crippen LogP contribution in [0.4, 0.5) is 0 Å². The molecule has 0 aliphatic carbocycles. The van der Waals surface area contributed by atoms with Crippen LogP contribution in [-0.4, -0.2) is 55.9 Å². The number of hydrogen-bond acceptors (Lipinski definition) is 9. The summed E-state index contributed by atoms with van der Waals surface area (Å²) in [6.45, 7) is 2.02. The van der Waals surface area contributed by atoms with Crippen LogP contribution in [0.15, 0.2) is 21.7 Å². The van der Waals surface area contributed by atoms with Crippen molar-refractivity contribution in [3.05, 3.63) is 17.5 Å². The highest BCUT2D eigenvalue weighted by Crippen LogP contribution is 2.41. The van der Waals surface area contributed by atoms with Crippen LogP contribution in [-0.2, 0) is 14.3 Å². The number of carbonyl (C=O) groups is 2. The van der Waals surface area contributed by atoms with Crippen molar-refractivity contribution in [1.82, 2.24) is 14.5 Å². The number of esters is 1. The molecule has 2 aliphatic heterocycles. The van der Waals surface area contributed by atoms with Crippen LogP contribution in [0.5, 0.6) is 0 Å². The Labute approximate surface area is 139 Å². The first-order valence-corrected chi connectivity index (χ1v) is 9.43. The Morgan fingerprint density at radius 2 is 2.45 bits per heavy atom. The summed E-state index contributed by atoms with van der Waals surface area (Å²) in [6, 6.07) is -0.533. The lowest BCUT2D eigenvalue weighted by Gasteiger charge is -2.48. The van der Waals surface area contributed by atoms with Crippen LogP contribution in [0.1, 0.15) is 6.92 Å². The van der Waals surface area contributed by atoms with Crippen LogP contribution >= 0.6 is 35.1 Å². The zero-order valence-electron chi connectivity index (χ0n) is 11.7. The Morgan fingerprint density at radius 1 is 1.64 bits per heavy atom. The van der Waals surface area contributed by atoms with Crippen LogP contribution in [0.25, 0.3) is 0 Å². The summed E-state index contributed by atoms with van der Waals surface area (Å²) in [5, 5.41) is 3.62. The van der Waals surface area contributed by atoms with E-state index in [9.17, 15) is 9.59 Å². The molecule has 0 radical (unpaired) electrons. The maximum Gasteiger partial charge on any atom is 0.355 e. The first-order valence-electron chi connectivity index (χ1n) is 6.63.